The molecule has 1 N–H and O–H groups in total. The Labute approximate surface area is 134 Å². The van der Waals surface area contributed by atoms with Crippen LogP contribution < -0.4 is 10.9 Å². The van der Waals surface area contributed by atoms with Gasteiger partial charge in [0, 0.05) is 18.3 Å². The van der Waals surface area contributed by atoms with Gasteiger partial charge in [0.05, 0.1) is 17.6 Å². The third-order valence-corrected chi connectivity index (χ3v) is 3.65. The lowest BCUT2D eigenvalue weighted by atomic mass is 10.1. The Morgan fingerprint density at radius 3 is 2.61 bits per heavy atom. The first-order valence-corrected chi connectivity index (χ1v) is 7.54. The second-order valence-electron chi connectivity index (χ2n) is 5.25. The molecule has 5 heteroatoms. The fraction of sp³-hybridized carbons (Fsp3) is 0.167. The van der Waals surface area contributed by atoms with E-state index in [2.05, 4.69) is 15.4 Å². The van der Waals surface area contributed by atoms with Crippen LogP contribution in [0.3, 0.4) is 0 Å². The summed E-state index contributed by atoms with van der Waals surface area (Å²) in [6.45, 7) is 4.39. The molecule has 0 aliphatic heterocycles. The van der Waals surface area contributed by atoms with Gasteiger partial charge >= 0.3 is 0 Å². The van der Waals surface area contributed by atoms with Gasteiger partial charge in [-0.25, -0.2) is 4.68 Å². The number of rotatable bonds is 4. The molecule has 0 unspecified atom stereocenters. The third-order valence-electron chi connectivity index (χ3n) is 3.65. The molecule has 0 aliphatic carbocycles. The Bertz CT molecular complexity index is 872. The van der Waals surface area contributed by atoms with Crippen molar-refractivity contribution in [3.8, 4) is 11.3 Å². The molecule has 116 valence electrons. The number of hydrogen-bond donors (Lipinski definition) is 1. The van der Waals surface area contributed by atoms with Crippen molar-refractivity contribution in [2.75, 3.05) is 5.32 Å². The van der Waals surface area contributed by atoms with Crippen LogP contribution >= 0.6 is 0 Å². The van der Waals surface area contributed by atoms with Crippen molar-refractivity contribution < 1.29 is 0 Å². The van der Waals surface area contributed by atoms with Gasteiger partial charge in [0.15, 0.2) is 0 Å². The topological polar surface area (TPSA) is 59.8 Å². The maximum absolute atomic E-state index is 12.5. The summed E-state index contributed by atoms with van der Waals surface area (Å²) in [6, 6.07) is 13.5. The van der Waals surface area contributed by atoms with Gasteiger partial charge in [0.1, 0.15) is 5.69 Å². The summed E-state index contributed by atoms with van der Waals surface area (Å²) >= 11 is 0. The molecule has 0 saturated heterocycles. The number of nitrogens with zero attached hydrogens (tertiary/aromatic N) is 3. The smallest absolute Gasteiger partial charge is 0.290 e. The van der Waals surface area contributed by atoms with Gasteiger partial charge in [-0.2, -0.15) is 5.10 Å². The normalized spacial score (nSPS) is 10.5. The van der Waals surface area contributed by atoms with Gasteiger partial charge in [-0.1, -0.05) is 30.3 Å². The highest BCUT2D eigenvalue weighted by Crippen LogP contribution is 2.21. The Hall–Kier alpha value is -2.95. The second-order valence-corrected chi connectivity index (χ2v) is 5.25. The van der Waals surface area contributed by atoms with Gasteiger partial charge in [0.2, 0.25) is 0 Å². The van der Waals surface area contributed by atoms with Gasteiger partial charge in [0.25, 0.3) is 5.56 Å². The fourth-order valence-electron chi connectivity index (χ4n) is 2.34. The number of aromatic nitrogens is 3. The van der Waals surface area contributed by atoms with Crippen molar-refractivity contribution in [3.05, 3.63) is 70.8 Å². The van der Waals surface area contributed by atoms with E-state index in [0.717, 1.165) is 22.5 Å². The average molecular weight is 306 g/mol. The van der Waals surface area contributed by atoms with E-state index in [9.17, 15) is 4.79 Å². The minimum atomic E-state index is -0.143. The summed E-state index contributed by atoms with van der Waals surface area (Å²) in [7, 11) is 0. The van der Waals surface area contributed by atoms with Crippen LogP contribution in [0.2, 0.25) is 0 Å². The zero-order chi connectivity index (χ0) is 16.2. The predicted octanol–water partition coefficient (Wildman–Crippen LogP) is 3.38. The van der Waals surface area contributed by atoms with E-state index >= 15 is 0 Å². The van der Waals surface area contributed by atoms with Crippen LogP contribution in [0.5, 0.6) is 0 Å². The molecular formula is C18H18N4O. The lowest BCUT2D eigenvalue weighted by molar-refractivity contribution is 0.621. The summed E-state index contributed by atoms with van der Waals surface area (Å²) in [6.07, 6.45) is 3.44. The molecule has 23 heavy (non-hydrogen) atoms. The number of anilines is 2. The van der Waals surface area contributed by atoms with E-state index in [-0.39, 0.29) is 5.56 Å². The zero-order valence-electron chi connectivity index (χ0n) is 13.2. The number of benzene rings is 1. The molecule has 0 spiro atoms. The van der Waals surface area contributed by atoms with E-state index in [4.69, 9.17) is 0 Å². The molecule has 0 fully saturated rings. The van der Waals surface area contributed by atoms with Crippen molar-refractivity contribution in [2.45, 2.75) is 20.4 Å². The molecule has 0 amide bonds. The Kier molecular flexibility index (Phi) is 4.19. The highest BCUT2D eigenvalue weighted by atomic mass is 16.1. The van der Waals surface area contributed by atoms with Crippen molar-refractivity contribution >= 4 is 11.4 Å². The zero-order valence-corrected chi connectivity index (χ0v) is 13.2. The Balaban J connectivity index is 2.09. The van der Waals surface area contributed by atoms with Gasteiger partial charge in [-0.05, 0) is 31.5 Å². The van der Waals surface area contributed by atoms with Gasteiger partial charge in [-0.3, -0.25) is 9.78 Å². The molecule has 0 radical (unpaired) electrons. The molecule has 3 rings (SSSR count). The van der Waals surface area contributed by atoms with Gasteiger partial charge < -0.3 is 5.32 Å². The van der Waals surface area contributed by atoms with Crippen LogP contribution in [0.4, 0.5) is 11.4 Å². The lowest BCUT2D eigenvalue weighted by Gasteiger charge is -2.12. The number of hydrogen-bond acceptors (Lipinski definition) is 4. The molecule has 0 atom stereocenters. The Morgan fingerprint density at radius 2 is 1.91 bits per heavy atom. The van der Waals surface area contributed by atoms with Crippen molar-refractivity contribution in [1.29, 1.82) is 0 Å². The SMILES string of the molecule is CCn1nc(-c2ccccc2)cc(Nc2cnccc2C)c1=O. The van der Waals surface area contributed by atoms with E-state index < -0.39 is 0 Å². The van der Waals surface area contributed by atoms with Crippen molar-refractivity contribution in [1.82, 2.24) is 14.8 Å². The van der Waals surface area contributed by atoms with Gasteiger partial charge in [-0.15, -0.1) is 0 Å². The minimum Gasteiger partial charge on any atom is -0.349 e. The third kappa shape index (κ3) is 3.13. The lowest BCUT2D eigenvalue weighted by Crippen LogP contribution is -2.25. The summed E-state index contributed by atoms with van der Waals surface area (Å²) in [5.41, 5.74) is 3.93. The quantitative estimate of drug-likeness (QED) is 0.803. The number of pyridine rings is 1. The van der Waals surface area contributed by atoms with Crippen LogP contribution in [-0.2, 0) is 6.54 Å². The van der Waals surface area contributed by atoms with E-state index in [0.29, 0.717) is 12.2 Å². The highest BCUT2D eigenvalue weighted by Gasteiger charge is 2.10. The Morgan fingerprint density at radius 1 is 1.13 bits per heavy atom. The molecule has 1 aromatic carbocycles. The van der Waals surface area contributed by atoms with Crippen molar-refractivity contribution in [2.24, 2.45) is 0 Å². The van der Waals surface area contributed by atoms with E-state index in [1.54, 1.807) is 18.5 Å². The average Bonchev–Trinajstić information content (AvgIpc) is 2.59. The summed E-state index contributed by atoms with van der Waals surface area (Å²) in [5, 5.41) is 7.62. The predicted molar refractivity (Wildman–Crippen MR) is 91.9 cm³/mol. The molecule has 2 heterocycles. The van der Waals surface area contributed by atoms with Crippen LogP contribution in [0, 0.1) is 6.92 Å². The molecular weight excluding hydrogens is 288 g/mol. The summed E-state index contributed by atoms with van der Waals surface area (Å²) < 4.78 is 1.47. The first-order valence-electron chi connectivity index (χ1n) is 7.54. The van der Waals surface area contributed by atoms with E-state index in [1.807, 2.05) is 50.2 Å². The molecule has 3 aromatic rings. The fourth-order valence-corrected chi connectivity index (χ4v) is 2.34. The molecule has 0 bridgehead atoms. The van der Waals surface area contributed by atoms with E-state index in [1.165, 1.54) is 4.68 Å². The maximum Gasteiger partial charge on any atom is 0.290 e. The molecule has 0 aliphatic rings. The molecule has 0 saturated carbocycles. The molecule has 2 aromatic heterocycles. The van der Waals surface area contributed by atoms with Crippen LogP contribution in [-0.4, -0.2) is 14.8 Å². The monoisotopic (exact) mass is 306 g/mol. The van der Waals surface area contributed by atoms with Crippen LogP contribution in [0.25, 0.3) is 11.3 Å². The van der Waals surface area contributed by atoms with Crippen LogP contribution in [0.15, 0.2) is 59.7 Å². The van der Waals surface area contributed by atoms with Crippen molar-refractivity contribution in [3.63, 3.8) is 0 Å². The highest BCUT2D eigenvalue weighted by molar-refractivity contribution is 5.67. The number of nitrogens with one attached hydrogen (secondary N) is 1. The van der Waals surface area contributed by atoms with Crippen LogP contribution in [0.1, 0.15) is 12.5 Å². The number of aryl methyl sites for hydroxylation is 2. The maximum atomic E-state index is 12.5. The minimum absolute atomic E-state index is 0.143. The summed E-state index contributed by atoms with van der Waals surface area (Å²) in [5.74, 6) is 0. The first kappa shape index (κ1) is 15.0. The first-order chi connectivity index (χ1) is 11.2. The summed E-state index contributed by atoms with van der Waals surface area (Å²) in [4.78, 5) is 16.6. The largest absolute Gasteiger partial charge is 0.349 e. The standard InChI is InChI=1S/C18H18N4O/c1-3-22-18(23)16(20-17-12-19-10-9-13(17)2)11-15(21-22)14-7-5-4-6-8-14/h4-12,20H,3H2,1-2H3. The second kappa shape index (κ2) is 6.44. The molecule has 5 nitrogen and oxygen atoms in total.